The molecule has 2 rings (SSSR count). The second-order valence-electron chi connectivity index (χ2n) is 4.64. The Labute approximate surface area is 101 Å². The van der Waals surface area contributed by atoms with E-state index < -0.39 is 5.91 Å². The van der Waals surface area contributed by atoms with Crippen molar-refractivity contribution in [1.29, 1.82) is 0 Å². The van der Waals surface area contributed by atoms with Crippen molar-refractivity contribution in [3.63, 3.8) is 0 Å². The molecule has 0 saturated heterocycles. The Morgan fingerprint density at radius 2 is 2.06 bits per heavy atom. The van der Waals surface area contributed by atoms with Crippen molar-refractivity contribution in [1.82, 2.24) is 4.98 Å². The van der Waals surface area contributed by atoms with E-state index in [1.165, 1.54) is 0 Å². The van der Waals surface area contributed by atoms with Crippen LogP contribution in [-0.2, 0) is 6.42 Å². The molecule has 3 heteroatoms. The van der Waals surface area contributed by atoms with Gasteiger partial charge in [-0.3, -0.25) is 9.78 Å². The largest absolute Gasteiger partial charge is 0.366 e. The summed E-state index contributed by atoms with van der Waals surface area (Å²) in [5, 5.41) is 0.826. The number of carbonyl (C=O) groups excluding carboxylic acids is 1. The minimum absolute atomic E-state index is 0.395. The second-order valence-corrected chi connectivity index (χ2v) is 4.64. The highest BCUT2D eigenvalue weighted by atomic mass is 16.1. The average Bonchev–Trinajstić information content (AvgIpc) is 2.27. The third-order valence-electron chi connectivity index (χ3n) is 2.65. The summed E-state index contributed by atoms with van der Waals surface area (Å²) in [6.07, 6.45) is 0.852. The van der Waals surface area contributed by atoms with Gasteiger partial charge in [-0.05, 0) is 24.5 Å². The lowest BCUT2D eigenvalue weighted by Gasteiger charge is -2.08. The van der Waals surface area contributed by atoms with Gasteiger partial charge < -0.3 is 5.73 Å². The van der Waals surface area contributed by atoms with Crippen molar-refractivity contribution in [2.24, 2.45) is 11.7 Å². The minimum atomic E-state index is -0.395. The van der Waals surface area contributed by atoms with Gasteiger partial charge in [-0.1, -0.05) is 32.0 Å². The molecule has 0 aliphatic carbocycles. The molecule has 0 fully saturated rings. The smallest absolute Gasteiger partial charge is 0.249 e. The van der Waals surface area contributed by atoms with E-state index in [0.717, 1.165) is 23.0 Å². The summed E-state index contributed by atoms with van der Waals surface area (Å²) < 4.78 is 0. The fraction of sp³-hybridized carbons (Fsp3) is 0.286. The van der Waals surface area contributed by atoms with Crippen LogP contribution in [0, 0.1) is 5.92 Å². The number of carbonyl (C=O) groups is 1. The summed E-state index contributed by atoms with van der Waals surface area (Å²) in [7, 11) is 0. The number of nitrogens with zero attached hydrogens (tertiary/aromatic N) is 1. The number of benzene rings is 1. The van der Waals surface area contributed by atoms with Crippen LogP contribution < -0.4 is 5.73 Å². The highest BCUT2D eigenvalue weighted by molar-refractivity contribution is 6.05. The number of rotatable bonds is 3. The van der Waals surface area contributed by atoms with Crippen LogP contribution in [0.4, 0.5) is 0 Å². The van der Waals surface area contributed by atoms with Crippen LogP contribution in [0.5, 0.6) is 0 Å². The number of fused-ring (bicyclic) bond motifs is 1. The Morgan fingerprint density at radius 3 is 2.71 bits per heavy atom. The molecule has 1 aromatic heterocycles. The third kappa shape index (κ3) is 2.44. The van der Waals surface area contributed by atoms with E-state index in [9.17, 15) is 4.79 Å². The highest BCUT2D eigenvalue weighted by Gasteiger charge is 2.10. The number of aromatic nitrogens is 1. The fourth-order valence-electron chi connectivity index (χ4n) is 1.96. The average molecular weight is 228 g/mol. The topological polar surface area (TPSA) is 56.0 Å². The van der Waals surface area contributed by atoms with Gasteiger partial charge >= 0.3 is 0 Å². The summed E-state index contributed by atoms with van der Waals surface area (Å²) in [5.41, 5.74) is 7.73. The number of hydrogen-bond acceptors (Lipinski definition) is 2. The summed E-state index contributed by atoms with van der Waals surface area (Å²) >= 11 is 0. The first kappa shape index (κ1) is 11.6. The van der Waals surface area contributed by atoms with E-state index in [-0.39, 0.29) is 0 Å². The number of para-hydroxylation sites is 1. The Bertz CT molecular complexity index is 561. The summed E-state index contributed by atoms with van der Waals surface area (Å²) in [4.78, 5) is 16.0. The van der Waals surface area contributed by atoms with Gasteiger partial charge in [0.15, 0.2) is 0 Å². The van der Waals surface area contributed by atoms with E-state index in [4.69, 9.17) is 5.73 Å². The molecule has 2 N–H and O–H groups in total. The van der Waals surface area contributed by atoms with Gasteiger partial charge in [-0.25, -0.2) is 0 Å². The molecule has 0 spiro atoms. The van der Waals surface area contributed by atoms with Gasteiger partial charge in [0.25, 0.3) is 0 Å². The molecule has 88 valence electrons. The van der Waals surface area contributed by atoms with E-state index in [2.05, 4.69) is 18.8 Å². The Balaban J connectivity index is 2.63. The molecular weight excluding hydrogens is 212 g/mol. The molecule has 0 radical (unpaired) electrons. The first-order chi connectivity index (χ1) is 8.08. The molecule has 0 atom stereocenters. The van der Waals surface area contributed by atoms with Crippen molar-refractivity contribution in [2.45, 2.75) is 20.3 Å². The Hall–Kier alpha value is -1.90. The summed E-state index contributed by atoms with van der Waals surface area (Å²) in [6, 6.07) is 9.40. The number of pyridine rings is 1. The van der Waals surface area contributed by atoms with E-state index in [1.54, 1.807) is 0 Å². The number of primary amides is 1. The maximum atomic E-state index is 11.4. The van der Waals surface area contributed by atoms with Crippen LogP contribution in [0.25, 0.3) is 10.9 Å². The van der Waals surface area contributed by atoms with Crippen LogP contribution in [0.3, 0.4) is 0 Å². The number of amides is 1. The summed E-state index contributed by atoms with van der Waals surface area (Å²) in [6.45, 7) is 4.25. The maximum absolute atomic E-state index is 11.4. The monoisotopic (exact) mass is 228 g/mol. The zero-order valence-electron chi connectivity index (χ0n) is 10.1. The molecule has 3 nitrogen and oxygen atoms in total. The second kappa shape index (κ2) is 4.53. The molecule has 0 saturated carbocycles. The zero-order valence-corrected chi connectivity index (χ0v) is 10.1. The molecular formula is C14H16N2O. The van der Waals surface area contributed by atoms with E-state index >= 15 is 0 Å². The van der Waals surface area contributed by atoms with Gasteiger partial charge in [0.05, 0.1) is 11.1 Å². The lowest BCUT2D eigenvalue weighted by atomic mass is 10.0. The number of hydrogen-bond donors (Lipinski definition) is 1. The van der Waals surface area contributed by atoms with Crippen molar-refractivity contribution >= 4 is 16.8 Å². The van der Waals surface area contributed by atoms with Gasteiger partial charge in [0.1, 0.15) is 0 Å². The van der Waals surface area contributed by atoms with Gasteiger partial charge in [0.2, 0.25) is 5.91 Å². The Morgan fingerprint density at radius 1 is 1.35 bits per heavy atom. The van der Waals surface area contributed by atoms with Crippen molar-refractivity contribution in [3.05, 3.63) is 41.6 Å². The predicted molar refractivity (Wildman–Crippen MR) is 68.8 cm³/mol. The molecule has 0 aliphatic rings. The SMILES string of the molecule is CC(C)Cc1cc(C(N)=O)c2ccccc2n1. The molecule has 1 heterocycles. The van der Waals surface area contributed by atoms with E-state index in [0.29, 0.717) is 11.5 Å². The minimum Gasteiger partial charge on any atom is -0.366 e. The zero-order chi connectivity index (χ0) is 12.4. The molecule has 0 bridgehead atoms. The van der Waals surface area contributed by atoms with Crippen molar-refractivity contribution in [3.8, 4) is 0 Å². The van der Waals surface area contributed by atoms with Crippen LogP contribution in [-0.4, -0.2) is 10.9 Å². The van der Waals surface area contributed by atoms with Crippen molar-refractivity contribution < 1.29 is 4.79 Å². The van der Waals surface area contributed by atoms with Crippen LogP contribution in [0.15, 0.2) is 30.3 Å². The van der Waals surface area contributed by atoms with E-state index in [1.807, 2.05) is 30.3 Å². The fourth-order valence-corrected chi connectivity index (χ4v) is 1.96. The van der Waals surface area contributed by atoms with Gasteiger partial charge in [-0.2, -0.15) is 0 Å². The first-order valence-corrected chi connectivity index (χ1v) is 5.76. The molecule has 0 unspecified atom stereocenters. The molecule has 0 aliphatic heterocycles. The summed E-state index contributed by atoms with van der Waals surface area (Å²) in [5.74, 6) is 0.109. The standard InChI is InChI=1S/C14H16N2O/c1-9(2)7-10-8-12(14(15)17)11-5-3-4-6-13(11)16-10/h3-6,8-9H,7H2,1-2H3,(H2,15,17). The van der Waals surface area contributed by atoms with Crippen molar-refractivity contribution in [2.75, 3.05) is 0 Å². The van der Waals surface area contributed by atoms with Crippen LogP contribution >= 0.6 is 0 Å². The van der Waals surface area contributed by atoms with Gasteiger partial charge in [-0.15, -0.1) is 0 Å². The van der Waals surface area contributed by atoms with Crippen LogP contribution in [0.2, 0.25) is 0 Å². The normalized spacial score (nSPS) is 11.0. The molecule has 1 aromatic carbocycles. The van der Waals surface area contributed by atoms with Crippen LogP contribution in [0.1, 0.15) is 29.9 Å². The van der Waals surface area contributed by atoms with Gasteiger partial charge in [0, 0.05) is 11.1 Å². The molecule has 1 amide bonds. The lowest BCUT2D eigenvalue weighted by molar-refractivity contribution is 0.100. The Kier molecular flexibility index (Phi) is 3.09. The maximum Gasteiger partial charge on any atom is 0.249 e. The highest BCUT2D eigenvalue weighted by Crippen LogP contribution is 2.19. The molecule has 17 heavy (non-hydrogen) atoms. The third-order valence-corrected chi connectivity index (χ3v) is 2.65. The molecule has 2 aromatic rings. The predicted octanol–water partition coefficient (Wildman–Crippen LogP) is 2.53. The quantitative estimate of drug-likeness (QED) is 0.877. The number of nitrogens with two attached hydrogens (primary N) is 1. The first-order valence-electron chi connectivity index (χ1n) is 5.76. The lowest BCUT2D eigenvalue weighted by Crippen LogP contribution is -2.13.